The zero-order valence-electron chi connectivity index (χ0n) is 30.1. The van der Waals surface area contributed by atoms with Gasteiger partial charge in [0, 0.05) is 48.4 Å². The van der Waals surface area contributed by atoms with Crippen LogP contribution in [-0.4, -0.2) is 83.8 Å². The van der Waals surface area contributed by atoms with E-state index in [2.05, 4.69) is 33.4 Å². The van der Waals surface area contributed by atoms with Gasteiger partial charge in [0.05, 0.1) is 30.2 Å². The number of rotatable bonds is 7. The summed E-state index contributed by atoms with van der Waals surface area (Å²) < 4.78 is 27.3. The highest BCUT2D eigenvalue weighted by atomic mass is 19.1. The Kier molecular flexibility index (Phi) is 8.75. The highest BCUT2D eigenvalue weighted by Crippen LogP contribution is 2.41. The van der Waals surface area contributed by atoms with E-state index in [0.717, 1.165) is 41.4 Å². The molecule has 50 heavy (non-hydrogen) atoms. The maximum atomic E-state index is 17.1. The zero-order valence-corrected chi connectivity index (χ0v) is 30.1. The molecule has 1 amide bonds. The van der Waals surface area contributed by atoms with Gasteiger partial charge in [0.25, 0.3) is 0 Å². The number of likely N-dealkylation sites (N-methyl/N-ethyl adjacent to an activating group) is 1. The number of nitriles is 1. The Morgan fingerprint density at radius 3 is 2.68 bits per heavy atom. The average molecular weight is 680 g/mol. The first-order valence-corrected chi connectivity index (χ1v) is 17.7. The molecule has 0 aliphatic carbocycles. The number of ether oxygens (including phenoxy) is 1. The molecule has 0 spiro atoms. The van der Waals surface area contributed by atoms with Crippen molar-refractivity contribution in [3.05, 3.63) is 41.8 Å². The molecule has 0 saturated carbocycles. The van der Waals surface area contributed by atoms with E-state index >= 15 is 4.39 Å². The summed E-state index contributed by atoms with van der Waals surface area (Å²) in [6.07, 6.45) is 5.48. The topological polar surface area (TPSA) is 118 Å². The Balaban J connectivity index is 1.36. The Hall–Kier alpha value is -4.63. The number of halogens is 1. The first kappa shape index (κ1) is 33.8. The summed E-state index contributed by atoms with van der Waals surface area (Å²) in [5.74, 6) is -0.115. The molecule has 0 radical (unpaired) electrons. The summed E-state index contributed by atoms with van der Waals surface area (Å²) in [4.78, 5) is 22.4. The summed E-state index contributed by atoms with van der Waals surface area (Å²) in [7, 11) is 3.97. The van der Waals surface area contributed by atoms with Crippen LogP contribution in [0.4, 0.5) is 4.39 Å². The summed E-state index contributed by atoms with van der Waals surface area (Å²) in [6, 6.07) is 9.89. The van der Waals surface area contributed by atoms with Gasteiger partial charge in [-0.25, -0.2) is 14.1 Å². The average Bonchev–Trinajstić information content (AvgIpc) is 3.80. The molecule has 7 rings (SSSR count). The monoisotopic (exact) mass is 679 g/mol. The molecule has 0 N–H and O–H groups in total. The van der Waals surface area contributed by atoms with Crippen LogP contribution in [0.15, 0.2) is 30.5 Å². The number of hydrogen-bond donors (Lipinski definition) is 0. The van der Waals surface area contributed by atoms with Crippen molar-refractivity contribution in [3.63, 3.8) is 0 Å². The Morgan fingerprint density at radius 2 is 1.96 bits per heavy atom. The number of nitrogens with zero attached hydrogens (tertiary/aromatic N) is 9. The van der Waals surface area contributed by atoms with Crippen molar-refractivity contribution in [2.45, 2.75) is 97.4 Å². The minimum atomic E-state index is -0.434. The van der Waals surface area contributed by atoms with Gasteiger partial charge in [-0.05, 0) is 81.8 Å². The molecular weight excluding hydrogens is 633 g/mol. The lowest BCUT2D eigenvalue weighted by Gasteiger charge is -2.39. The molecule has 2 aromatic carbocycles. The van der Waals surface area contributed by atoms with E-state index in [1.807, 2.05) is 75.5 Å². The number of carbonyl (C=O) groups is 1. The molecule has 2 saturated heterocycles. The van der Waals surface area contributed by atoms with E-state index < -0.39 is 5.82 Å². The highest BCUT2D eigenvalue weighted by molar-refractivity contribution is 6.06. The molecule has 5 aromatic rings. The normalized spacial score (nSPS) is 20.9. The zero-order chi connectivity index (χ0) is 35.5. The number of amides is 1. The summed E-state index contributed by atoms with van der Waals surface area (Å²) >= 11 is 0. The fraction of sp³-hybridized carbons (Fsp3) is 0.526. The quantitative estimate of drug-likeness (QED) is 0.186. The third-order valence-corrected chi connectivity index (χ3v) is 10.6. The van der Waals surface area contributed by atoms with E-state index in [-0.39, 0.29) is 53.4 Å². The standard InChI is InChI=1S/C38H46FN9O2/c1-22-17-28-34(33(39)32(22)24-10-11-25-21-41-46(7)30(25)18-24)42-37(50-23(2)29-9-8-15-45(29)6)35-36(28)48(44-43-35)27-13-16-47(26(19-27)12-14-40)31(49)20-38(3,4)5/h10-11,17-18,21,23,26-27,29H,8-9,12-13,15-16,19-20H2,1-7H3/t23-,26+,27-,29-/m0/s1. The maximum absolute atomic E-state index is 17.1. The van der Waals surface area contributed by atoms with Crippen LogP contribution in [0.1, 0.15) is 77.8 Å². The molecule has 11 nitrogen and oxygen atoms in total. The fourth-order valence-corrected chi connectivity index (χ4v) is 8.11. The SMILES string of the molecule is Cc1cc2c(nc(O[C@@H](C)[C@@H]3CCCN3C)c3nnn([C@H]4CCN(C(=O)CC(C)(C)C)[C@H](CC#N)C4)c32)c(F)c1-c1ccc2cnn(C)c2c1. The fourth-order valence-electron chi connectivity index (χ4n) is 8.11. The first-order chi connectivity index (χ1) is 23.8. The molecule has 2 aliphatic rings. The number of benzene rings is 2. The van der Waals surface area contributed by atoms with E-state index in [1.165, 1.54) is 0 Å². The number of likely N-dealkylation sites (tertiary alicyclic amines) is 2. The lowest BCUT2D eigenvalue weighted by molar-refractivity contribution is -0.137. The van der Waals surface area contributed by atoms with Gasteiger partial charge in [0.2, 0.25) is 11.8 Å². The Morgan fingerprint density at radius 1 is 1.16 bits per heavy atom. The molecule has 4 atom stereocenters. The Labute approximate surface area is 292 Å². The van der Waals surface area contributed by atoms with Gasteiger partial charge < -0.3 is 9.64 Å². The predicted molar refractivity (Wildman–Crippen MR) is 191 cm³/mol. The number of pyridine rings is 1. The number of fused-ring (bicyclic) bond motifs is 4. The van der Waals surface area contributed by atoms with Crippen LogP contribution in [-0.2, 0) is 11.8 Å². The largest absolute Gasteiger partial charge is 0.471 e. The van der Waals surface area contributed by atoms with Crippen LogP contribution in [0.2, 0.25) is 0 Å². The number of piperidine rings is 1. The van der Waals surface area contributed by atoms with Crippen molar-refractivity contribution in [2.75, 3.05) is 20.1 Å². The van der Waals surface area contributed by atoms with Gasteiger partial charge in [0.1, 0.15) is 17.1 Å². The first-order valence-electron chi connectivity index (χ1n) is 17.7. The minimum absolute atomic E-state index is 0.0605. The van der Waals surface area contributed by atoms with Crippen molar-refractivity contribution >= 4 is 38.7 Å². The van der Waals surface area contributed by atoms with Crippen LogP contribution in [0.5, 0.6) is 5.88 Å². The third kappa shape index (κ3) is 6.06. The van der Waals surface area contributed by atoms with Gasteiger partial charge in [-0.3, -0.25) is 14.4 Å². The summed E-state index contributed by atoms with van der Waals surface area (Å²) in [5.41, 5.74) is 4.04. The summed E-state index contributed by atoms with van der Waals surface area (Å²) in [6.45, 7) is 11.6. The van der Waals surface area contributed by atoms with Crippen molar-refractivity contribution < 1.29 is 13.9 Å². The third-order valence-electron chi connectivity index (χ3n) is 10.6. The smallest absolute Gasteiger partial charge is 0.245 e. The van der Waals surface area contributed by atoms with Crippen molar-refractivity contribution in [2.24, 2.45) is 12.5 Å². The molecule has 12 heteroatoms. The van der Waals surface area contributed by atoms with Crippen LogP contribution < -0.4 is 4.74 Å². The van der Waals surface area contributed by atoms with Gasteiger partial charge in [-0.1, -0.05) is 38.1 Å². The molecule has 3 aromatic heterocycles. The molecule has 5 heterocycles. The van der Waals surface area contributed by atoms with E-state index in [9.17, 15) is 10.1 Å². The molecule has 262 valence electrons. The van der Waals surface area contributed by atoms with E-state index in [1.54, 1.807) is 10.9 Å². The lowest BCUT2D eigenvalue weighted by Crippen LogP contribution is -2.47. The number of carbonyl (C=O) groups excluding carboxylic acids is 1. The second kappa shape index (κ2) is 12.9. The second-order valence-electron chi connectivity index (χ2n) is 15.5. The van der Waals surface area contributed by atoms with Gasteiger partial charge in [-0.2, -0.15) is 10.4 Å². The molecule has 2 fully saturated rings. The predicted octanol–water partition coefficient (Wildman–Crippen LogP) is 6.72. The molecule has 0 bridgehead atoms. The van der Waals surface area contributed by atoms with Crippen molar-refractivity contribution in [1.82, 2.24) is 39.6 Å². The number of aromatic nitrogens is 6. The lowest BCUT2D eigenvalue weighted by atomic mass is 9.89. The Bertz CT molecular complexity index is 2140. The van der Waals surface area contributed by atoms with Crippen LogP contribution >= 0.6 is 0 Å². The summed E-state index contributed by atoms with van der Waals surface area (Å²) in [5, 5.41) is 25.0. The van der Waals surface area contributed by atoms with Crippen LogP contribution in [0.25, 0.3) is 44.0 Å². The molecular formula is C38H46FN9O2. The number of hydrogen-bond acceptors (Lipinski definition) is 8. The van der Waals surface area contributed by atoms with Crippen LogP contribution in [0, 0.1) is 29.5 Å². The highest BCUT2D eigenvalue weighted by Gasteiger charge is 2.36. The van der Waals surface area contributed by atoms with Crippen molar-refractivity contribution in [3.8, 4) is 23.1 Å². The van der Waals surface area contributed by atoms with Gasteiger partial charge in [0.15, 0.2) is 11.3 Å². The van der Waals surface area contributed by atoms with Crippen molar-refractivity contribution in [1.29, 1.82) is 5.26 Å². The molecule has 0 unspecified atom stereocenters. The van der Waals surface area contributed by atoms with E-state index in [0.29, 0.717) is 47.8 Å². The maximum Gasteiger partial charge on any atom is 0.245 e. The van der Waals surface area contributed by atoms with E-state index in [4.69, 9.17) is 9.72 Å². The second-order valence-corrected chi connectivity index (χ2v) is 15.5. The van der Waals surface area contributed by atoms with Gasteiger partial charge in [-0.15, -0.1) is 5.10 Å². The minimum Gasteiger partial charge on any atom is -0.471 e. The van der Waals surface area contributed by atoms with Crippen LogP contribution in [0.3, 0.4) is 0 Å². The molecule has 2 aliphatic heterocycles. The van der Waals surface area contributed by atoms with Gasteiger partial charge >= 0.3 is 0 Å². The number of aryl methyl sites for hydroxylation is 2.